The molecule has 3 saturated heterocycles. The minimum atomic E-state index is 0.281. The summed E-state index contributed by atoms with van der Waals surface area (Å²) in [6.45, 7) is 11.8. The van der Waals surface area contributed by atoms with Crippen LogP contribution in [0.1, 0.15) is 26.7 Å². The highest BCUT2D eigenvalue weighted by Gasteiger charge is 2.38. The Labute approximate surface area is 117 Å². The van der Waals surface area contributed by atoms with Crippen LogP contribution in [0.25, 0.3) is 0 Å². The quantitative estimate of drug-likeness (QED) is 0.768. The zero-order chi connectivity index (χ0) is 13.2. The van der Waals surface area contributed by atoms with Crippen LogP contribution in [0.3, 0.4) is 0 Å². The van der Waals surface area contributed by atoms with Crippen molar-refractivity contribution in [2.24, 2.45) is 5.92 Å². The van der Waals surface area contributed by atoms with Gasteiger partial charge in [-0.1, -0.05) is 13.8 Å². The fraction of sp³-hybridized carbons (Fsp3) is 1.00. The van der Waals surface area contributed by atoms with Gasteiger partial charge in [-0.3, -0.25) is 9.80 Å². The van der Waals surface area contributed by atoms with Gasteiger partial charge in [-0.2, -0.15) is 0 Å². The monoisotopic (exact) mass is 268 g/mol. The second kappa shape index (κ2) is 6.08. The molecule has 3 fully saturated rings. The van der Waals surface area contributed by atoms with Crippen LogP contribution >= 0.6 is 0 Å². The van der Waals surface area contributed by atoms with E-state index >= 15 is 0 Å². The van der Waals surface area contributed by atoms with E-state index in [1.165, 1.54) is 32.5 Å². The Morgan fingerprint density at radius 2 is 2.11 bits per heavy atom. The first-order valence-corrected chi connectivity index (χ1v) is 7.91. The van der Waals surface area contributed by atoms with Crippen LogP contribution < -0.4 is 0 Å². The molecule has 0 aliphatic carbocycles. The lowest BCUT2D eigenvalue weighted by Gasteiger charge is -2.46. The minimum Gasteiger partial charge on any atom is -0.376 e. The predicted octanol–water partition coefficient (Wildman–Crippen LogP) is 1.21. The molecule has 0 aromatic heterocycles. The molecule has 3 unspecified atom stereocenters. The molecule has 0 aromatic carbocycles. The molecule has 0 aromatic rings. The van der Waals surface area contributed by atoms with Gasteiger partial charge in [0.25, 0.3) is 0 Å². The van der Waals surface area contributed by atoms with Gasteiger partial charge < -0.3 is 9.47 Å². The first-order chi connectivity index (χ1) is 9.24. The van der Waals surface area contributed by atoms with Gasteiger partial charge in [-0.15, -0.1) is 0 Å². The Kier molecular flexibility index (Phi) is 4.42. The van der Waals surface area contributed by atoms with E-state index < -0.39 is 0 Å². The highest BCUT2D eigenvalue weighted by atomic mass is 16.6. The summed E-state index contributed by atoms with van der Waals surface area (Å²) in [6, 6.07) is 1.47. The van der Waals surface area contributed by atoms with E-state index in [4.69, 9.17) is 9.47 Å². The van der Waals surface area contributed by atoms with E-state index in [1.807, 2.05) is 0 Å². The first kappa shape index (κ1) is 13.8. The Balaban J connectivity index is 1.62. The van der Waals surface area contributed by atoms with Crippen molar-refractivity contribution in [1.82, 2.24) is 9.80 Å². The lowest BCUT2D eigenvalue weighted by Crippen LogP contribution is -2.59. The van der Waals surface area contributed by atoms with Gasteiger partial charge in [-0.05, 0) is 25.3 Å². The molecule has 0 spiro atoms. The molecule has 110 valence electrons. The van der Waals surface area contributed by atoms with E-state index in [2.05, 4.69) is 23.6 Å². The molecule has 3 atom stereocenters. The maximum Gasteiger partial charge on any atom is 0.0936 e. The number of hydrogen-bond donors (Lipinski definition) is 0. The second-order valence-corrected chi connectivity index (χ2v) is 6.62. The van der Waals surface area contributed by atoms with Crippen molar-refractivity contribution >= 4 is 0 Å². The van der Waals surface area contributed by atoms with Gasteiger partial charge in [0.1, 0.15) is 0 Å². The highest BCUT2D eigenvalue weighted by Crippen LogP contribution is 2.28. The number of fused-ring (bicyclic) bond motifs is 1. The number of ether oxygens (including phenoxy) is 2. The molecule has 3 aliphatic rings. The predicted molar refractivity (Wildman–Crippen MR) is 75.4 cm³/mol. The number of rotatable bonds is 3. The maximum absolute atomic E-state index is 5.84. The largest absolute Gasteiger partial charge is 0.376 e. The number of hydrogen-bond acceptors (Lipinski definition) is 4. The van der Waals surface area contributed by atoms with Crippen molar-refractivity contribution in [2.75, 3.05) is 46.0 Å². The first-order valence-electron chi connectivity index (χ1n) is 7.91. The molecule has 0 N–H and O–H groups in total. The van der Waals surface area contributed by atoms with Gasteiger partial charge in [-0.25, -0.2) is 0 Å². The smallest absolute Gasteiger partial charge is 0.0936 e. The third-order valence-corrected chi connectivity index (χ3v) is 4.93. The number of piperazine rings is 1. The lowest BCUT2D eigenvalue weighted by molar-refractivity contribution is -0.109. The van der Waals surface area contributed by atoms with Gasteiger partial charge in [0.15, 0.2) is 0 Å². The molecule has 0 radical (unpaired) electrons. The standard InChI is InChI=1S/C15H28N2O2/c1-12(2)15-10-16-5-3-4-13(16)8-17(15)9-14-11-18-6-7-19-14/h12-15H,3-11H2,1-2H3. The van der Waals surface area contributed by atoms with Crippen molar-refractivity contribution in [2.45, 2.75) is 44.9 Å². The van der Waals surface area contributed by atoms with Crippen molar-refractivity contribution in [3.05, 3.63) is 0 Å². The van der Waals surface area contributed by atoms with Crippen molar-refractivity contribution in [1.29, 1.82) is 0 Å². The van der Waals surface area contributed by atoms with Crippen molar-refractivity contribution < 1.29 is 9.47 Å². The van der Waals surface area contributed by atoms with E-state index in [1.54, 1.807) is 0 Å². The van der Waals surface area contributed by atoms with Crippen LogP contribution in [0, 0.1) is 5.92 Å². The molecule has 4 heteroatoms. The topological polar surface area (TPSA) is 24.9 Å². The molecule has 0 amide bonds. The van der Waals surface area contributed by atoms with Crippen LogP contribution in [-0.4, -0.2) is 74.0 Å². The summed E-state index contributed by atoms with van der Waals surface area (Å²) < 4.78 is 11.4. The average Bonchev–Trinajstić information content (AvgIpc) is 2.86. The van der Waals surface area contributed by atoms with Crippen molar-refractivity contribution in [3.63, 3.8) is 0 Å². The summed E-state index contributed by atoms with van der Waals surface area (Å²) in [4.78, 5) is 5.38. The van der Waals surface area contributed by atoms with E-state index in [0.29, 0.717) is 12.0 Å². The van der Waals surface area contributed by atoms with E-state index in [9.17, 15) is 0 Å². The van der Waals surface area contributed by atoms with Crippen LogP contribution in [0.15, 0.2) is 0 Å². The molecule has 4 nitrogen and oxygen atoms in total. The Morgan fingerprint density at radius 1 is 1.21 bits per heavy atom. The summed E-state index contributed by atoms with van der Waals surface area (Å²) >= 11 is 0. The molecule has 0 bridgehead atoms. The summed E-state index contributed by atoms with van der Waals surface area (Å²) in [5.74, 6) is 0.714. The molecule has 3 rings (SSSR count). The molecule has 0 saturated carbocycles. The molecular weight excluding hydrogens is 240 g/mol. The third-order valence-electron chi connectivity index (χ3n) is 4.93. The normalized spacial score (nSPS) is 37.7. The van der Waals surface area contributed by atoms with Crippen LogP contribution in [0.2, 0.25) is 0 Å². The van der Waals surface area contributed by atoms with Gasteiger partial charge in [0.2, 0.25) is 0 Å². The fourth-order valence-corrected chi connectivity index (χ4v) is 3.85. The van der Waals surface area contributed by atoms with Crippen LogP contribution in [-0.2, 0) is 9.47 Å². The third kappa shape index (κ3) is 3.13. The van der Waals surface area contributed by atoms with Crippen LogP contribution in [0.5, 0.6) is 0 Å². The fourth-order valence-electron chi connectivity index (χ4n) is 3.85. The zero-order valence-corrected chi connectivity index (χ0v) is 12.4. The van der Waals surface area contributed by atoms with Crippen molar-refractivity contribution in [3.8, 4) is 0 Å². The second-order valence-electron chi connectivity index (χ2n) is 6.62. The minimum absolute atomic E-state index is 0.281. The highest BCUT2D eigenvalue weighted by molar-refractivity contribution is 4.94. The SMILES string of the molecule is CC(C)C1CN2CCCC2CN1CC1COCCO1. The summed E-state index contributed by atoms with van der Waals surface area (Å²) in [5, 5.41) is 0. The van der Waals surface area contributed by atoms with Gasteiger partial charge in [0.05, 0.1) is 25.9 Å². The lowest BCUT2D eigenvalue weighted by atomic mass is 9.97. The average molecular weight is 268 g/mol. The van der Waals surface area contributed by atoms with Gasteiger partial charge in [0, 0.05) is 31.7 Å². The molecule has 3 aliphatic heterocycles. The molecular formula is C15H28N2O2. The Hall–Kier alpha value is -0.160. The van der Waals surface area contributed by atoms with E-state index in [-0.39, 0.29) is 6.10 Å². The summed E-state index contributed by atoms with van der Waals surface area (Å²) in [7, 11) is 0. The molecule has 3 heterocycles. The number of nitrogens with zero attached hydrogens (tertiary/aromatic N) is 2. The molecule has 19 heavy (non-hydrogen) atoms. The summed E-state index contributed by atoms with van der Waals surface area (Å²) in [5.41, 5.74) is 0. The van der Waals surface area contributed by atoms with Crippen LogP contribution in [0.4, 0.5) is 0 Å². The zero-order valence-electron chi connectivity index (χ0n) is 12.4. The Bertz CT molecular complexity index is 292. The van der Waals surface area contributed by atoms with Gasteiger partial charge >= 0.3 is 0 Å². The summed E-state index contributed by atoms with van der Waals surface area (Å²) in [6.07, 6.45) is 3.04. The maximum atomic E-state index is 5.84. The van der Waals surface area contributed by atoms with E-state index in [0.717, 1.165) is 32.4 Å². The Morgan fingerprint density at radius 3 is 2.84 bits per heavy atom.